The second-order valence-electron chi connectivity index (χ2n) is 4.20. The fourth-order valence-corrected chi connectivity index (χ4v) is 1.68. The number of carbonyl (C=O) groups is 1. The van der Waals surface area contributed by atoms with Crippen molar-refractivity contribution in [1.29, 1.82) is 0 Å². The zero-order valence-corrected chi connectivity index (χ0v) is 10.5. The summed E-state index contributed by atoms with van der Waals surface area (Å²) in [6.07, 6.45) is 0. The molecule has 0 aliphatic carbocycles. The molecule has 0 radical (unpaired) electrons. The van der Waals surface area contributed by atoms with E-state index in [1.54, 1.807) is 6.92 Å². The zero-order chi connectivity index (χ0) is 13.8. The van der Waals surface area contributed by atoms with Crippen molar-refractivity contribution < 1.29 is 19.7 Å². The highest BCUT2D eigenvalue weighted by Gasteiger charge is 2.12. The van der Waals surface area contributed by atoms with Gasteiger partial charge in [-0.1, -0.05) is 30.3 Å². The Morgan fingerprint density at radius 1 is 1.21 bits per heavy atom. The lowest BCUT2D eigenvalue weighted by atomic mass is 10.1. The molecule has 2 aromatic rings. The molecular weight excluding hydrogens is 244 g/mol. The van der Waals surface area contributed by atoms with Gasteiger partial charge in [-0.25, -0.2) is 4.79 Å². The minimum Gasteiger partial charge on any atom is -0.508 e. The SMILES string of the molecule is Cc1c(O)cc(C(=O)O)cc1OCc1ccccc1. The van der Waals surface area contributed by atoms with Gasteiger partial charge >= 0.3 is 5.97 Å². The molecule has 0 spiro atoms. The molecular formula is C15H14O4. The summed E-state index contributed by atoms with van der Waals surface area (Å²) in [5.74, 6) is -0.802. The van der Waals surface area contributed by atoms with Gasteiger partial charge < -0.3 is 14.9 Å². The normalized spacial score (nSPS) is 10.2. The van der Waals surface area contributed by atoms with E-state index in [4.69, 9.17) is 9.84 Å². The number of hydrogen-bond donors (Lipinski definition) is 2. The lowest BCUT2D eigenvalue weighted by Crippen LogP contribution is -2.01. The fourth-order valence-electron chi connectivity index (χ4n) is 1.68. The third-order valence-electron chi connectivity index (χ3n) is 2.82. The highest BCUT2D eigenvalue weighted by atomic mass is 16.5. The van der Waals surface area contributed by atoms with Crippen LogP contribution in [0.5, 0.6) is 11.5 Å². The monoisotopic (exact) mass is 258 g/mol. The molecule has 0 unspecified atom stereocenters. The van der Waals surface area contributed by atoms with Crippen LogP contribution < -0.4 is 4.74 Å². The molecule has 0 atom stereocenters. The number of hydrogen-bond acceptors (Lipinski definition) is 3. The number of carboxylic acid groups (broad SMARTS) is 1. The first-order chi connectivity index (χ1) is 9.08. The predicted octanol–water partition coefficient (Wildman–Crippen LogP) is 2.98. The second-order valence-corrected chi connectivity index (χ2v) is 4.20. The largest absolute Gasteiger partial charge is 0.508 e. The number of benzene rings is 2. The molecule has 0 aliphatic heterocycles. The van der Waals surface area contributed by atoms with Crippen LogP contribution in [0.3, 0.4) is 0 Å². The van der Waals surface area contributed by atoms with Crippen LogP contribution in [0.4, 0.5) is 0 Å². The van der Waals surface area contributed by atoms with E-state index in [2.05, 4.69) is 0 Å². The Morgan fingerprint density at radius 2 is 1.89 bits per heavy atom. The number of phenols is 1. The fraction of sp³-hybridized carbons (Fsp3) is 0.133. The van der Waals surface area contributed by atoms with Crippen molar-refractivity contribution in [3.8, 4) is 11.5 Å². The van der Waals surface area contributed by atoms with Gasteiger partial charge in [0.05, 0.1) is 5.56 Å². The summed E-state index contributed by atoms with van der Waals surface area (Å²) in [4.78, 5) is 10.9. The van der Waals surface area contributed by atoms with Crippen LogP contribution in [0.1, 0.15) is 21.5 Å². The van der Waals surface area contributed by atoms with Crippen molar-refractivity contribution in [2.75, 3.05) is 0 Å². The maximum absolute atomic E-state index is 10.9. The molecule has 0 aromatic heterocycles. The molecule has 4 nitrogen and oxygen atoms in total. The smallest absolute Gasteiger partial charge is 0.335 e. The summed E-state index contributed by atoms with van der Waals surface area (Å²) in [6, 6.07) is 12.2. The van der Waals surface area contributed by atoms with Crippen LogP contribution in [0, 0.1) is 6.92 Å². The van der Waals surface area contributed by atoms with Crippen LogP contribution in [0.25, 0.3) is 0 Å². The van der Waals surface area contributed by atoms with Gasteiger partial charge in [0.15, 0.2) is 0 Å². The predicted molar refractivity (Wildman–Crippen MR) is 70.6 cm³/mol. The van der Waals surface area contributed by atoms with Crippen molar-refractivity contribution in [2.45, 2.75) is 13.5 Å². The number of rotatable bonds is 4. The molecule has 98 valence electrons. The highest BCUT2D eigenvalue weighted by Crippen LogP contribution is 2.29. The van der Waals surface area contributed by atoms with Crippen molar-refractivity contribution in [3.05, 3.63) is 59.2 Å². The van der Waals surface area contributed by atoms with Crippen LogP contribution in [0.15, 0.2) is 42.5 Å². The van der Waals surface area contributed by atoms with E-state index in [0.29, 0.717) is 17.9 Å². The maximum atomic E-state index is 10.9. The summed E-state index contributed by atoms with van der Waals surface area (Å²) in [5, 5.41) is 18.6. The van der Waals surface area contributed by atoms with Gasteiger partial charge in [-0.2, -0.15) is 0 Å². The third-order valence-corrected chi connectivity index (χ3v) is 2.82. The molecule has 2 N–H and O–H groups in total. The molecule has 0 heterocycles. The van der Waals surface area contributed by atoms with Gasteiger partial charge in [0.25, 0.3) is 0 Å². The molecule has 0 bridgehead atoms. The van der Waals surface area contributed by atoms with Gasteiger partial charge in [-0.05, 0) is 24.6 Å². The number of aromatic hydroxyl groups is 1. The third kappa shape index (κ3) is 3.04. The Hall–Kier alpha value is -2.49. The first-order valence-electron chi connectivity index (χ1n) is 5.81. The lowest BCUT2D eigenvalue weighted by molar-refractivity contribution is 0.0696. The summed E-state index contributed by atoms with van der Waals surface area (Å²) in [6.45, 7) is 2.01. The minimum atomic E-state index is -1.10. The summed E-state index contributed by atoms with van der Waals surface area (Å²) >= 11 is 0. The summed E-state index contributed by atoms with van der Waals surface area (Å²) < 4.78 is 5.57. The van der Waals surface area contributed by atoms with Gasteiger partial charge in [0.1, 0.15) is 18.1 Å². The van der Waals surface area contributed by atoms with Crippen molar-refractivity contribution in [3.63, 3.8) is 0 Å². The van der Waals surface area contributed by atoms with E-state index < -0.39 is 5.97 Å². The number of ether oxygens (including phenoxy) is 1. The van der Waals surface area contributed by atoms with Gasteiger partial charge in [-0.3, -0.25) is 0 Å². The Morgan fingerprint density at radius 3 is 2.53 bits per heavy atom. The van der Waals surface area contributed by atoms with Gasteiger partial charge in [0, 0.05) is 5.56 Å². The van der Waals surface area contributed by atoms with Gasteiger partial charge in [-0.15, -0.1) is 0 Å². The van der Waals surface area contributed by atoms with Crippen LogP contribution in [-0.4, -0.2) is 16.2 Å². The van der Waals surface area contributed by atoms with E-state index in [1.165, 1.54) is 12.1 Å². The van der Waals surface area contributed by atoms with Crippen LogP contribution >= 0.6 is 0 Å². The van der Waals surface area contributed by atoms with E-state index >= 15 is 0 Å². The summed E-state index contributed by atoms with van der Waals surface area (Å²) in [5.41, 5.74) is 1.51. The average molecular weight is 258 g/mol. The first kappa shape index (κ1) is 13.0. The van der Waals surface area contributed by atoms with Crippen LogP contribution in [0.2, 0.25) is 0 Å². The van der Waals surface area contributed by atoms with Gasteiger partial charge in [0.2, 0.25) is 0 Å². The van der Waals surface area contributed by atoms with E-state index in [1.807, 2.05) is 30.3 Å². The Labute approximate surface area is 110 Å². The number of carboxylic acids is 1. The molecule has 2 aromatic carbocycles. The molecule has 0 amide bonds. The molecule has 0 saturated heterocycles. The van der Waals surface area contributed by atoms with E-state index in [9.17, 15) is 9.90 Å². The summed E-state index contributed by atoms with van der Waals surface area (Å²) in [7, 11) is 0. The van der Waals surface area contributed by atoms with Crippen molar-refractivity contribution in [1.82, 2.24) is 0 Å². The number of phenolic OH excluding ortho intramolecular Hbond substituents is 1. The Balaban J connectivity index is 2.22. The van der Waals surface area contributed by atoms with E-state index in [-0.39, 0.29) is 11.3 Å². The molecule has 2 rings (SSSR count). The first-order valence-corrected chi connectivity index (χ1v) is 5.81. The topological polar surface area (TPSA) is 66.8 Å². The molecule has 4 heteroatoms. The highest BCUT2D eigenvalue weighted by molar-refractivity contribution is 5.89. The second kappa shape index (κ2) is 5.44. The Bertz CT molecular complexity index is 591. The lowest BCUT2D eigenvalue weighted by Gasteiger charge is -2.11. The molecule has 19 heavy (non-hydrogen) atoms. The zero-order valence-electron chi connectivity index (χ0n) is 10.5. The molecule has 0 fully saturated rings. The van der Waals surface area contributed by atoms with Crippen LogP contribution in [-0.2, 0) is 6.61 Å². The Kier molecular flexibility index (Phi) is 3.71. The van der Waals surface area contributed by atoms with E-state index in [0.717, 1.165) is 5.56 Å². The standard InChI is InChI=1S/C15H14O4/c1-10-13(16)7-12(15(17)18)8-14(10)19-9-11-5-3-2-4-6-11/h2-8,16H,9H2,1H3,(H,17,18). The average Bonchev–Trinajstić information content (AvgIpc) is 2.41. The molecule has 0 saturated carbocycles. The minimum absolute atomic E-state index is 0.00571. The number of aromatic carboxylic acids is 1. The molecule has 0 aliphatic rings. The quantitative estimate of drug-likeness (QED) is 0.884. The van der Waals surface area contributed by atoms with Crippen molar-refractivity contribution in [2.24, 2.45) is 0 Å². The maximum Gasteiger partial charge on any atom is 0.335 e. The van der Waals surface area contributed by atoms with Crippen molar-refractivity contribution >= 4 is 5.97 Å².